The Morgan fingerprint density at radius 3 is 2.17 bits per heavy atom. The summed E-state index contributed by atoms with van der Waals surface area (Å²) in [7, 11) is 5.32. The van der Waals surface area contributed by atoms with Crippen molar-refractivity contribution in [1.82, 2.24) is 5.32 Å². The lowest BCUT2D eigenvalue weighted by Crippen LogP contribution is -2.19. The smallest absolute Gasteiger partial charge is 0.265 e. The van der Waals surface area contributed by atoms with Gasteiger partial charge in [-0.1, -0.05) is 0 Å². The molecule has 0 radical (unpaired) electrons. The van der Waals surface area contributed by atoms with Crippen molar-refractivity contribution in [2.75, 3.05) is 21.3 Å². The van der Waals surface area contributed by atoms with Gasteiger partial charge < -0.3 is 14.8 Å². The molecule has 1 amide bonds. The van der Waals surface area contributed by atoms with Gasteiger partial charge in [0, 0.05) is 23.8 Å². The zero-order valence-corrected chi connectivity index (χ0v) is 11.6. The maximum absolute atomic E-state index is 11.6. The molecule has 0 aliphatic carbocycles. The zero-order chi connectivity index (χ0) is 13.9. The van der Waals surface area contributed by atoms with Crippen LogP contribution >= 0.6 is 10.7 Å². The third-order valence-corrected chi connectivity index (χ3v) is 3.56. The van der Waals surface area contributed by atoms with E-state index >= 15 is 0 Å². The number of rotatable bonds is 4. The Morgan fingerprint density at radius 1 is 1.22 bits per heavy atom. The molecule has 0 atom stereocenters. The second-order valence-electron chi connectivity index (χ2n) is 3.22. The molecule has 0 fully saturated rings. The number of carbonyl (C=O) groups excluding carboxylic acids is 1. The van der Waals surface area contributed by atoms with E-state index in [0.717, 1.165) is 6.07 Å². The van der Waals surface area contributed by atoms with Crippen LogP contribution in [0.2, 0.25) is 0 Å². The van der Waals surface area contributed by atoms with Crippen molar-refractivity contribution in [3.8, 4) is 11.5 Å². The molecule has 0 heterocycles. The normalized spacial score (nSPS) is 10.9. The summed E-state index contributed by atoms with van der Waals surface area (Å²) in [4.78, 5) is 11.3. The number of nitrogens with one attached hydrogen (secondary N) is 1. The molecule has 8 heteroatoms. The van der Waals surface area contributed by atoms with Crippen LogP contribution in [0.3, 0.4) is 0 Å². The summed E-state index contributed by atoms with van der Waals surface area (Å²) in [5.74, 6) is -0.291. The summed E-state index contributed by atoms with van der Waals surface area (Å²) in [6.45, 7) is 0. The highest BCUT2D eigenvalue weighted by Gasteiger charge is 2.22. The van der Waals surface area contributed by atoms with E-state index in [9.17, 15) is 13.2 Å². The summed E-state index contributed by atoms with van der Waals surface area (Å²) in [5, 5.41) is 2.37. The SMILES string of the molecule is CNC(=O)c1cc(S(=O)(=O)Cl)c(OC)cc1OC. The summed E-state index contributed by atoms with van der Waals surface area (Å²) < 4.78 is 32.7. The van der Waals surface area contributed by atoms with Gasteiger partial charge in [-0.25, -0.2) is 8.42 Å². The van der Waals surface area contributed by atoms with Crippen LogP contribution in [0.25, 0.3) is 0 Å². The van der Waals surface area contributed by atoms with Gasteiger partial charge in [-0.15, -0.1) is 0 Å². The minimum atomic E-state index is -4.02. The maximum atomic E-state index is 11.6. The molecule has 1 rings (SSSR count). The summed E-state index contributed by atoms with van der Waals surface area (Å²) in [6, 6.07) is 2.40. The summed E-state index contributed by atoms with van der Waals surface area (Å²) in [6.07, 6.45) is 0. The molecule has 18 heavy (non-hydrogen) atoms. The fraction of sp³-hybridized carbons (Fsp3) is 0.300. The zero-order valence-electron chi connectivity index (χ0n) is 9.98. The lowest BCUT2D eigenvalue weighted by molar-refractivity contribution is 0.0960. The highest BCUT2D eigenvalue weighted by molar-refractivity contribution is 8.13. The maximum Gasteiger partial charge on any atom is 0.265 e. The Hall–Kier alpha value is -1.47. The molecule has 0 saturated heterocycles. The van der Waals surface area contributed by atoms with Crippen LogP contribution in [0.4, 0.5) is 0 Å². The fourth-order valence-electron chi connectivity index (χ4n) is 1.37. The first-order chi connectivity index (χ1) is 8.35. The Bertz CT molecular complexity index is 570. The van der Waals surface area contributed by atoms with Gasteiger partial charge in [-0.05, 0) is 6.07 Å². The van der Waals surface area contributed by atoms with E-state index in [0.29, 0.717) is 0 Å². The van der Waals surface area contributed by atoms with Crippen molar-refractivity contribution in [2.45, 2.75) is 4.90 Å². The Balaban J connectivity index is 3.59. The molecule has 0 aliphatic rings. The Morgan fingerprint density at radius 2 is 1.78 bits per heavy atom. The van der Waals surface area contributed by atoms with E-state index < -0.39 is 15.0 Å². The third kappa shape index (κ3) is 2.85. The number of hydrogen-bond donors (Lipinski definition) is 1. The summed E-state index contributed by atoms with van der Waals surface area (Å²) >= 11 is 0. The number of ether oxygens (including phenoxy) is 2. The van der Waals surface area contributed by atoms with E-state index in [4.69, 9.17) is 20.2 Å². The number of benzene rings is 1. The lowest BCUT2D eigenvalue weighted by atomic mass is 10.1. The van der Waals surface area contributed by atoms with Gasteiger partial charge in [0.25, 0.3) is 15.0 Å². The first-order valence-corrected chi connectivity index (χ1v) is 7.08. The van der Waals surface area contributed by atoms with Crippen molar-refractivity contribution in [2.24, 2.45) is 0 Å². The van der Waals surface area contributed by atoms with Gasteiger partial charge in [-0.2, -0.15) is 0 Å². The second kappa shape index (κ2) is 5.45. The van der Waals surface area contributed by atoms with Gasteiger partial charge in [0.1, 0.15) is 16.4 Å². The quantitative estimate of drug-likeness (QED) is 0.837. The second-order valence-corrected chi connectivity index (χ2v) is 5.75. The molecule has 0 unspecified atom stereocenters. The monoisotopic (exact) mass is 293 g/mol. The van der Waals surface area contributed by atoms with E-state index in [2.05, 4.69) is 5.32 Å². The predicted molar refractivity (Wildman–Crippen MR) is 66.0 cm³/mol. The molecule has 100 valence electrons. The first-order valence-electron chi connectivity index (χ1n) is 4.78. The van der Waals surface area contributed by atoms with E-state index in [1.807, 2.05) is 0 Å². The van der Waals surface area contributed by atoms with Crippen molar-refractivity contribution < 1.29 is 22.7 Å². The topological polar surface area (TPSA) is 81.7 Å². The van der Waals surface area contributed by atoms with Crippen molar-refractivity contribution in [3.63, 3.8) is 0 Å². The molecular formula is C10H12ClNO5S. The van der Waals surface area contributed by atoms with Crippen LogP contribution in [0, 0.1) is 0 Å². The molecule has 0 aromatic heterocycles. The predicted octanol–water partition coefficient (Wildman–Crippen LogP) is 0.991. The van der Waals surface area contributed by atoms with Crippen LogP contribution in [-0.2, 0) is 9.05 Å². The van der Waals surface area contributed by atoms with Crippen LogP contribution < -0.4 is 14.8 Å². The average Bonchev–Trinajstić information content (AvgIpc) is 2.34. The molecule has 1 aromatic carbocycles. The van der Waals surface area contributed by atoms with Crippen LogP contribution in [0.1, 0.15) is 10.4 Å². The lowest BCUT2D eigenvalue weighted by Gasteiger charge is -2.12. The molecular weight excluding hydrogens is 282 g/mol. The third-order valence-electron chi connectivity index (χ3n) is 2.22. The van der Waals surface area contributed by atoms with Crippen molar-refractivity contribution >= 4 is 25.6 Å². The van der Waals surface area contributed by atoms with Gasteiger partial charge in [0.15, 0.2) is 0 Å². The number of carbonyl (C=O) groups is 1. The largest absolute Gasteiger partial charge is 0.496 e. The molecule has 0 spiro atoms. The van der Waals surface area contributed by atoms with Gasteiger partial charge >= 0.3 is 0 Å². The molecule has 1 N–H and O–H groups in total. The minimum Gasteiger partial charge on any atom is -0.496 e. The number of hydrogen-bond acceptors (Lipinski definition) is 5. The highest BCUT2D eigenvalue weighted by atomic mass is 35.7. The van der Waals surface area contributed by atoms with Crippen molar-refractivity contribution in [1.29, 1.82) is 0 Å². The molecule has 0 saturated carbocycles. The molecule has 0 bridgehead atoms. The minimum absolute atomic E-state index is 0.00880. The molecule has 6 nitrogen and oxygen atoms in total. The van der Waals surface area contributed by atoms with E-state index in [1.54, 1.807) is 0 Å². The molecule has 1 aromatic rings. The Kier molecular flexibility index (Phi) is 4.42. The van der Waals surface area contributed by atoms with Crippen LogP contribution in [0.15, 0.2) is 17.0 Å². The first kappa shape index (κ1) is 14.6. The van der Waals surface area contributed by atoms with E-state index in [-0.39, 0.29) is 22.0 Å². The fourth-order valence-corrected chi connectivity index (χ4v) is 2.38. The van der Waals surface area contributed by atoms with E-state index in [1.165, 1.54) is 27.3 Å². The van der Waals surface area contributed by atoms with Gasteiger partial charge in [0.05, 0.1) is 19.8 Å². The van der Waals surface area contributed by atoms with Crippen LogP contribution in [0.5, 0.6) is 11.5 Å². The number of amides is 1. The molecule has 0 aliphatic heterocycles. The average molecular weight is 294 g/mol. The van der Waals surface area contributed by atoms with Crippen LogP contribution in [-0.4, -0.2) is 35.6 Å². The van der Waals surface area contributed by atoms with Crippen molar-refractivity contribution in [3.05, 3.63) is 17.7 Å². The Labute approximate surface area is 109 Å². The number of halogens is 1. The van der Waals surface area contributed by atoms with Gasteiger partial charge in [0.2, 0.25) is 0 Å². The standard InChI is InChI=1S/C10H12ClNO5S/c1-12-10(13)6-4-9(18(11,14)15)8(17-3)5-7(6)16-2/h4-5H,1-3H3,(H,12,13). The van der Waals surface area contributed by atoms with Gasteiger partial charge in [-0.3, -0.25) is 4.79 Å². The highest BCUT2D eigenvalue weighted by Crippen LogP contribution is 2.33. The summed E-state index contributed by atoms with van der Waals surface area (Å²) in [5.41, 5.74) is 0.0556. The number of methoxy groups -OCH3 is 2.